The Bertz CT molecular complexity index is 1410. The molecular weight excluding hydrogens is 412 g/mol. The number of fused-ring (bicyclic) bond motifs is 2. The molecule has 0 amide bonds. The second-order valence-corrected chi connectivity index (χ2v) is 8.39. The maximum absolute atomic E-state index is 9.64. The van der Waals surface area contributed by atoms with E-state index in [2.05, 4.69) is 36.1 Å². The zero-order valence-corrected chi connectivity index (χ0v) is 18.7. The van der Waals surface area contributed by atoms with Crippen LogP contribution in [0.5, 0.6) is 11.5 Å². The Morgan fingerprint density at radius 1 is 0.939 bits per heavy atom. The molecule has 0 aliphatic rings. The predicted molar refractivity (Wildman–Crippen MR) is 133 cm³/mol. The number of hydrogen-bond donors (Lipinski definition) is 2. The number of H-pyrrole nitrogens is 1. The summed E-state index contributed by atoms with van der Waals surface area (Å²) in [6.45, 7) is 1.67. The van der Waals surface area contributed by atoms with Crippen LogP contribution < -0.4 is 4.74 Å². The van der Waals surface area contributed by atoms with Gasteiger partial charge in [0.05, 0.1) is 23.2 Å². The topological polar surface area (TPSA) is 74.3 Å². The van der Waals surface area contributed by atoms with Gasteiger partial charge in [-0.3, -0.25) is 0 Å². The number of nitrogens with one attached hydrogen (secondary N) is 1. The first-order chi connectivity index (χ1) is 16.1. The lowest BCUT2D eigenvalue weighted by atomic mass is 10.0. The van der Waals surface area contributed by atoms with E-state index in [1.807, 2.05) is 48.5 Å². The van der Waals surface area contributed by atoms with Crippen molar-refractivity contribution in [2.75, 3.05) is 27.2 Å². The van der Waals surface area contributed by atoms with E-state index >= 15 is 0 Å². The van der Waals surface area contributed by atoms with E-state index in [0.29, 0.717) is 6.61 Å². The standard InChI is InChI=1S/C27H26N4O2/c1-31(2)15-4-16-33-21-12-14-23-25(17-21)30-27(29-23)24-13-9-19-5-3-6-22(26(19)28-24)18-7-10-20(32)11-8-18/h3,5-14,17,32H,4,15-16H2,1-2H3,(H,29,30). The highest BCUT2D eigenvalue weighted by Crippen LogP contribution is 2.31. The van der Waals surface area contributed by atoms with Gasteiger partial charge in [-0.2, -0.15) is 0 Å². The first kappa shape index (κ1) is 21.0. The minimum absolute atomic E-state index is 0.246. The summed E-state index contributed by atoms with van der Waals surface area (Å²) in [6.07, 6.45) is 0.976. The number of para-hydroxylation sites is 1. The van der Waals surface area contributed by atoms with Gasteiger partial charge >= 0.3 is 0 Å². The molecule has 0 fully saturated rings. The van der Waals surface area contributed by atoms with Gasteiger partial charge in [-0.15, -0.1) is 0 Å². The summed E-state index contributed by atoms with van der Waals surface area (Å²) in [6, 6.07) is 23.3. The van der Waals surface area contributed by atoms with Gasteiger partial charge in [0.25, 0.3) is 0 Å². The molecule has 3 aromatic carbocycles. The minimum atomic E-state index is 0.246. The average Bonchev–Trinajstić information content (AvgIpc) is 3.25. The SMILES string of the molecule is CN(C)CCCOc1ccc2nc(-c3ccc4cccc(-c5ccc(O)cc5)c4n3)[nH]c2c1. The average molecular weight is 439 g/mol. The molecule has 0 spiro atoms. The summed E-state index contributed by atoms with van der Waals surface area (Å²) in [5.41, 5.74) is 5.48. The Labute approximate surface area is 192 Å². The number of phenols is 1. The molecule has 0 aliphatic heterocycles. The molecule has 33 heavy (non-hydrogen) atoms. The highest BCUT2D eigenvalue weighted by molar-refractivity contribution is 5.95. The Kier molecular flexibility index (Phi) is 5.67. The number of hydrogen-bond acceptors (Lipinski definition) is 5. The number of benzene rings is 3. The Morgan fingerprint density at radius 3 is 2.61 bits per heavy atom. The largest absolute Gasteiger partial charge is 0.508 e. The quantitative estimate of drug-likeness (QED) is 0.329. The van der Waals surface area contributed by atoms with Crippen molar-refractivity contribution in [1.29, 1.82) is 0 Å². The van der Waals surface area contributed by atoms with Gasteiger partial charge in [0, 0.05) is 23.6 Å². The maximum atomic E-state index is 9.64. The molecule has 0 aliphatic carbocycles. The molecule has 2 heterocycles. The second-order valence-electron chi connectivity index (χ2n) is 8.39. The molecular formula is C27H26N4O2. The van der Waals surface area contributed by atoms with Crippen LogP contribution in [0.15, 0.2) is 72.8 Å². The van der Waals surface area contributed by atoms with Gasteiger partial charge in [-0.05, 0) is 56.4 Å². The molecule has 5 rings (SSSR count). The van der Waals surface area contributed by atoms with Gasteiger partial charge < -0.3 is 19.7 Å². The summed E-state index contributed by atoms with van der Waals surface area (Å²) in [4.78, 5) is 15.2. The van der Waals surface area contributed by atoms with E-state index in [1.165, 1.54) is 0 Å². The monoisotopic (exact) mass is 438 g/mol. The number of pyridine rings is 1. The molecule has 0 saturated carbocycles. The van der Waals surface area contributed by atoms with Crippen molar-refractivity contribution in [3.8, 4) is 34.1 Å². The van der Waals surface area contributed by atoms with Crippen LogP contribution in [-0.4, -0.2) is 52.2 Å². The van der Waals surface area contributed by atoms with Crippen molar-refractivity contribution < 1.29 is 9.84 Å². The summed E-state index contributed by atoms with van der Waals surface area (Å²) in [7, 11) is 4.12. The van der Waals surface area contributed by atoms with E-state index in [-0.39, 0.29) is 5.75 Å². The molecule has 0 unspecified atom stereocenters. The van der Waals surface area contributed by atoms with E-state index < -0.39 is 0 Å². The molecule has 6 nitrogen and oxygen atoms in total. The molecule has 5 aromatic rings. The molecule has 166 valence electrons. The second kappa shape index (κ2) is 8.92. The normalized spacial score (nSPS) is 11.5. The molecule has 0 radical (unpaired) electrons. The van der Waals surface area contributed by atoms with E-state index in [9.17, 15) is 5.11 Å². The summed E-state index contributed by atoms with van der Waals surface area (Å²) < 4.78 is 5.90. The highest BCUT2D eigenvalue weighted by atomic mass is 16.5. The Morgan fingerprint density at radius 2 is 1.79 bits per heavy atom. The first-order valence-electron chi connectivity index (χ1n) is 11.0. The van der Waals surface area contributed by atoms with Gasteiger partial charge in [-0.1, -0.05) is 36.4 Å². The van der Waals surface area contributed by atoms with Crippen LogP contribution in [0.25, 0.3) is 44.6 Å². The van der Waals surface area contributed by atoms with Gasteiger partial charge in [-0.25, -0.2) is 9.97 Å². The van der Waals surface area contributed by atoms with Crippen molar-refractivity contribution in [2.45, 2.75) is 6.42 Å². The first-order valence-corrected chi connectivity index (χ1v) is 11.0. The molecule has 2 N–H and O–H groups in total. The van der Waals surface area contributed by atoms with Crippen LogP contribution in [0.3, 0.4) is 0 Å². The van der Waals surface area contributed by atoms with E-state index in [4.69, 9.17) is 14.7 Å². The number of imidazole rings is 1. The number of aromatic nitrogens is 3. The van der Waals surface area contributed by atoms with Crippen molar-refractivity contribution in [1.82, 2.24) is 19.9 Å². The van der Waals surface area contributed by atoms with Crippen LogP contribution in [-0.2, 0) is 0 Å². The fraction of sp³-hybridized carbons (Fsp3) is 0.185. The number of ether oxygens (including phenoxy) is 1. The molecule has 0 atom stereocenters. The van der Waals surface area contributed by atoms with Crippen molar-refractivity contribution in [3.05, 3.63) is 72.8 Å². The lowest BCUT2D eigenvalue weighted by molar-refractivity contribution is 0.282. The number of phenolic OH excluding ortho intramolecular Hbond substituents is 1. The van der Waals surface area contributed by atoms with Gasteiger partial charge in [0.15, 0.2) is 5.82 Å². The third-order valence-corrected chi connectivity index (χ3v) is 5.61. The van der Waals surface area contributed by atoms with Crippen LogP contribution in [0.2, 0.25) is 0 Å². The smallest absolute Gasteiger partial charge is 0.157 e. The van der Waals surface area contributed by atoms with Gasteiger partial charge in [0.2, 0.25) is 0 Å². The molecule has 6 heteroatoms. The Balaban J connectivity index is 1.46. The lowest BCUT2D eigenvalue weighted by Gasteiger charge is -2.10. The number of aromatic hydroxyl groups is 1. The number of aromatic amines is 1. The zero-order valence-electron chi connectivity index (χ0n) is 18.7. The fourth-order valence-electron chi connectivity index (χ4n) is 3.92. The molecule has 2 aromatic heterocycles. The van der Waals surface area contributed by atoms with Crippen LogP contribution >= 0.6 is 0 Å². The number of nitrogens with zero attached hydrogens (tertiary/aromatic N) is 3. The van der Waals surface area contributed by atoms with Gasteiger partial charge in [0.1, 0.15) is 17.2 Å². The van der Waals surface area contributed by atoms with Crippen molar-refractivity contribution in [3.63, 3.8) is 0 Å². The summed E-state index contributed by atoms with van der Waals surface area (Å²) in [5.74, 6) is 1.80. The van der Waals surface area contributed by atoms with Crippen molar-refractivity contribution >= 4 is 21.9 Å². The maximum Gasteiger partial charge on any atom is 0.157 e. The van der Waals surface area contributed by atoms with E-state index in [0.717, 1.165) is 63.3 Å². The highest BCUT2D eigenvalue weighted by Gasteiger charge is 2.11. The number of rotatable bonds is 7. The van der Waals surface area contributed by atoms with Crippen LogP contribution in [0, 0.1) is 0 Å². The minimum Gasteiger partial charge on any atom is -0.508 e. The third-order valence-electron chi connectivity index (χ3n) is 5.61. The zero-order chi connectivity index (χ0) is 22.8. The lowest BCUT2D eigenvalue weighted by Crippen LogP contribution is -2.15. The molecule has 0 saturated heterocycles. The van der Waals surface area contributed by atoms with Crippen molar-refractivity contribution in [2.24, 2.45) is 0 Å². The fourth-order valence-corrected chi connectivity index (χ4v) is 3.92. The van der Waals surface area contributed by atoms with Crippen LogP contribution in [0.1, 0.15) is 6.42 Å². The Hall–Kier alpha value is -3.90. The van der Waals surface area contributed by atoms with E-state index in [1.54, 1.807) is 12.1 Å². The van der Waals surface area contributed by atoms with Crippen LogP contribution in [0.4, 0.5) is 0 Å². The predicted octanol–water partition coefficient (Wildman–Crippen LogP) is 5.48. The third kappa shape index (κ3) is 4.52. The summed E-state index contributed by atoms with van der Waals surface area (Å²) >= 11 is 0. The molecule has 0 bridgehead atoms. The summed E-state index contributed by atoms with van der Waals surface area (Å²) in [5, 5.41) is 10.7.